The van der Waals surface area contributed by atoms with Crippen molar-refractivity contribution < 1.29 is 14.2 Å². The van der Waals surface area contributed by atoms with E-state index in [1.54, 1.807) is 0 Å². The zero-order chi connectivity index (χ0) is 14.2. The second-order valence-electron chi connectivity index (χ2n) is 5.21. The first kappa shape index (κ1) is 15.3. The third-order valence-electron chi connectivity index (χ3n) is 3.61. The standard InChI is InChI=1S/C9H18O2.C8H8O/c1-2-3-4-5-9-8-10-6-7-11-9;1-2-9-8-5-6-3-4-7(6)8/h9H,2-8H2,1H3;3-5H,2H2,1H3. The summed E-state index contributed by atoms with van der Waals surface area (Å²) in [6, 6.07) is 6.25. The topological polar surface area (TPSA) is 27.7 Å². The Morgan fingerprint density at radius 1 is 1.20 bits per heavy atom. The van der Waals surface area contributed by atoms with E-state index in [0.717, 1.165) is 32.2 Å². The van der Waals surface area contributed by atoms with Gasteiger partial charge in [-0.15, -0.1) is 0 Å². The largest absolute Gasteiger partial charge is 0.493 e. The quantitative estimate of drug-likeness (QED) is 0.755. The summed E-state index contributed by atoms with van der Waals surface area (Å²) in [5.41, 5.74) is 0. The lowest BCUT2D eigenvalue weighted by Crippen LogP contribution is -2.28. The predicted octanol–water partition coefficient (Wildman–Crippen LogP) is 3.67. The molecule has 1 saturated heterocycles. The van der Waals surface area contributed by atoms with Crippen molar-refractivity contribution >= 4 is 0 Å². The van der Waals surface area contributed by atoms with E-state index in [1.165, 1.54) is 36.1 Å². The van der Waals surface area contributed by atoms with Crippen LogP contribution in [0.25, 0.3) is 0 Å². The Labute approximate surface area is 121 Å². The molecule has 0 aromatic heterocycles. The molecule has 0 N–H and O–H groups in total. The van der Waals surface area contributed by atoms with Crippen molar-refractivity contribution in [1.82, 2.24) is 0 Å². The van der Waals surface area contributed by atoms with Gasteiger partial charge in [-0.2, -0.15) is 0 Å². The fraction of sp³-hybridized carbons (Fsp3) is 0.647. The number of rotatable bonds is 6. The average Bonchev–Trinajstić information content (AvgIpc) is 2.46. The van der Waals surface area contributed by atoms with E-state index in [0.29, 0.717) is 6.10 Å². The fourth-order valence-electron chi connectivity index (χ4n) is 2.35. The minimum absolute atomic E-state index is 0.385. The minimum Gasteiger partial charge on any atom is -0.493 e. The molecule has 1 unspecified atom stereocenters. The van der Waals surface area contributed by atoms with Crippen molar-refractivity contribution in [2.75, 3.05) is 26.4 Å². The number of benzene rings is 1. The molecule has 1 fully saturated rings. The molecule has 20 heavy (non-hydrogen) atoms. The SMILES string of the molecule is CCCCCC1COCCO1.CCOc1cc2ccc1=2. The molecule has 3 rings (SSSR count). The molecule has 3 aliphatic rings. The van der Waals surface area contributed by atoms with E-state index in [-0.39, 0.29) is 0 Å². The number of hydrogen-bond acceptors (Lipinski definition) is 3. The first-order chi connectivity index (χ1) is 9.85. The van der Waals surface area contributed by atoms with Crippen LogP contribution in [0.5, 0.6) is 5.75 Å². The van der Waals surface area contributed by atoms with Crippen LogP contribution in [0.1, 0.15) is 39.5 Å². The van der Waals surface area contributed by atoms with Gasteiger partial charge in [-0.3, -0.25) is 0 Å². The van der Waals surface area contributed by atoms with E-state index in [4.69, 9.17) is 14.2 Å². The van der Waals surface area contributed by atoms with Crippen LogP contribution in [-0.4, -0.2) is 32.5 Å². The molecule has 3 heteroatoms. The summed E-state index contributed by atoms with van der Waals surface area (Å²) in [5.74, 6) is 1.06. The Kier molecular flexibility index (Phi) is 6.34. The van der Waals surface area contributed by atoms with E-state index in [9.17, 15) is 0 Å². The Morgan fingerprint density at radius 3 is 2.60 bits per heavy atom. The molecule has 0 amide bonds. The fourth-order valence-corrected chi connectivity index (χ4v) is 2.35. The molecule has 1 atom stereocenters. The summed E-state index contributed by atoms with van der Waals surface area (Å²) in [5, 5.41) is 2.65. The van der Waals surface area contributed by atoms with E-state index in [2.05, 4.69) is 25.1 Å². The molecular weight excluding hydrogens is 252 g/mol. The normalized spacial score (nSPS) is 19.0. The molecule has 3 nitrogen and oxygen atoms in total. The third-order valence-corrected chi connectivity index (χ3v) is 3.61. The van der Waals surface area contributed by atoms with Crippen LogP contribution in [0, 0.1) is 10.4 Å². The summed E-state index contributed by atoms with van der Waals surface area (Å²) in [7, 11) is 0. The molecule has 0 radical (unpaired) electrons. The molecular formula is C17H26O3. The van der Waals surface area contributed by atoms with Crippen LogP contribution in [0.4, 0.5) is 0 Å². The van der Waals surface area contributed by atoms with Crippen molar-refractivity contribution in [1.29, 1.82) is 0 Å². The van der Waals surface area contributed by atoms with Crippen molar-refractivity contribution in [2.24, 2.45) is 0 Å². The Bertz CT molecular complexity index is 477. The Morgan fingerprint density at radius 2 is 2.10 bits per heavy atom. The van der Waals surface area contributed by atoms with Gasteiger partial charge in [-0.25, -0.2) is 0 Å². The van der Waals surface area contributed by atoms with Crippen LogP contribution < -0.4 is 4.74 Å². The van der Waals surface area contributed by atoms with Gasteiger partial charge in [0.05, 0.1) is 32.5 Å². The highest BCUT2D eigenvalue weighted by Gasteiger charge is 2.12. The molecule has 0 spiro atoms. The maximum absolute atomic E-state index is 5.50. The zero-order valence-corrected chi connectivity index (χ0v) is 12.7. The molecule has 0 saturated carbocycles. The lowest BCUT2D eigenvalue weighted by molar-refractivity contribution is -0.0912. The van der Waals surface area contributed by atoms with Gasteiger partial charge in [0.1, 0.15) is 5.75 Å². The molecule has 0 bridgehead atoms. The molecule has 1 heterocycles. The molecule has 1 aliphatic heterocycles. The van der Waals surface area contributed by atoms with E-state index < -0.39 is 0 Å². The summed E-state index contributed by atoms with van der Waals surface area (Å²) in [6.45, 7) is 7.38. The highest BCUT2D eigenvalue weighted by Crippen LogP contribution is 2.23. The lowest BCUT2D eigenvalue weighted by atomic mass is 10.1. The third kappa shape index (κ3) is 4.22. The summed E-state index contributed by atoms with van der Waals surface area (Å²) in [4.78, 5) is 0. The number of ether oxygens (including phenoxy) is 3. The van der Waals surface area contributed by atoms with Gasteiger partial charge >= 0.3 is 0 Å². The summed E-state index contributed by atoms with van der Waals surface area (Å²) >= 11 is 0. The Balaban J connectivity index is 0.000000149. The van der Waals surface area contributed by atoms with Crippen LogP contribution in [0.2, 0.25) is 0 Å². The van der Waals surface area contributed by atoms with Crippen molar-refractivity contribution in [2.45, 2.75) is 45.6 Å². The maximum Gasteiger partial charge on any atom is 0.127 e. The van der Waals surface area contributed by atoms with E-state index in [1.807, 2.05) is 6.92 Å². The van der Waals surface area contributed by atoms with Gasteiger partial charge in [0, 0.05) is 5.22 Å². The van der Waals surface area contributed by atoms with Crippen LogP contribution in [0.3, 0.4) is 0 Å². The molecule has 112 valence electrons. The van der Waals surface area contributed by atoms with E-state index >= 15 is 0 Å². The van der Waals surface area contributed by atoms with Crippen LogP contribution in [-0.2, 0) is 9.47 Å². The number of unbranched alkanes of at least 4 members (excludes halogenated alkanes) is 2. The maximum atomic E-state index is 5.50. The lowest BCUT2D eigenvalue weighted by Gasteiger charge is -2.22. The van der Waals surface area contributed by atoms with Gasteiger partial charge in [-0.1, -0.05) is 38.3 Å². The van der Waals surface area contributed by atoms with Gasteiger partial charge in [0.25, 0.3) is 0 Å². The highest BCUT2D eigenvalue weighted by atomic mass is 16.6. The monoisotopic (exact) mass is 278 g/mol. The molecule has 0 aromatic rings. The second kappa shape index (κ2) is 8.28. The van der Waals surface area contributed by atoms with Crippen molar-refractivity contribution in [3.63, 3.8) is 0 Å². The first-order valence-corrected chi connectivity index (χ1v) is 7.81. The minimum atomic E-state index is 0.385. The second-order valence-corrected chi connectivity index (χ2v) is 5.21. The van der Waals surface area contributed by atoms with Gasteiger partial charge in [0.15, 0.2) is 0 Å². The smallest absolute Gasteiger partial charge is 0.127 e. The summed E-state index contributed by atoms with van der Waals surface area (Å²) in [6.07, 6.45) is 5.45. The van der Waals surface area contributed by atoms with Crippen LogP contribution in [0.15, 0.2) is 18.2 Å². The predicted molar refractivity (Wildman–Crippen MR) is 80.0 cm³/mol. The summed E-state index contributed by atoms with van der Waals surface area (Å²) < 4.78 is 16.1. The van der Waals surface area contributed by atoms with Crippen LogP contribution >= 0.6 is 0 Å². The Hall–Kier alpha value is -1.06. The number of hydrogen-bond donors (Lipinski definition) is 0. The van der Waals surface area contributed by atoms with Gasteiger partial charge in [0.2, 0.25) is 0 Å². The van der Waals surface area contributed by atoms with Gasteiger partial charge < -0.3 is 14.2 Å². The molecule has 0 aromatic carbocycles. The highest BCUT2D eigenvalue weighted by molar-refractivity contribution is 5.38. The van der Waals surface area contributed by atoms with Crippen molar-refractivity contribution in [3.8, 4) is 5.75 Å². The first-order valence-electron chi connectivity index (χ1n) is 7.81. The van der Waals surface area contributed by atoms with Crippen molar-refractivity contribution in [3.05, 3.63) is 28.6 Å². The zero-order valence-electron chi connectivity index (χ0n) is 12.7. The van der Waals surface area contributed by atoms with Gasteiger partial charge in [-0.05, 0) is 24.6 Å². The average molecular weight is 278 g/mol. The molecule has 2 aliphatic carbocycles.